The zero-order valence-electron chi connectivity index (χ0n) is 14.5. The van der Waals surface area contributed by atoms with Crippen molar-refractivity contribution in [3.63, 3.8) is 0 Å². The van der Waals surface area contributed by atoms with E-state index in [0.29, 0.717) is 24.4 Å². The van der Waals surface area contributed by atoms with E-state index in [1.807, 2.05) is 24.3 Å². The third-order valence-corrected chi connectivity index (χ3v) is 4.27. The predicted molar refractivity (Wildman–Crippen MR) is 94.7 cm³/mol. The Kier molecular flexibility index (Phi) is 5.46. The van der Waals surface area contributed by atoms with Gasteiger partial charge in [0.05, 0.1) is 19.3 Å². The van der Waals surface area contributed by atoms with Gasteiger partial charge in [-0.05, 0) is 18.2 Å². The number of carbonyl (C=O) groups is 1. The maximum absolute atomic E-state index is 14.4. The van der Waals surface area contributed by atoms with Crippen molar-refractivity contribution in [3.05, 3.63) is 49.3 Å². The van der Waals surface area contributed by atoms with Crippen LogP contribution < -0.4 is 9.47 Å². The Morgan fingerprint density at radius 1 is 1.38 bits per heavy atom. The van der Waals surface area contributed by atoms with Crippen LogP contribution in [0.4, 0.5) is 4.39 Å². The van der Waals surface area contributed by atoms with Crippen molar-refractivity contribution in [1.29, 1.82) is 0 Å². The molecule has 7 heteroatoms. The number of likely N-dealkylation sites (tertiary alicyclic amines) is 1. The average molecular weight is 357 g/mol. The molecule has 0 saturated carbocycles. The SMILES string of the molecule is C=CC(=O)N1CC[C@H](Oc2cc(-c3ccccc3OC)ncn2)[C@H](F)C1. The summed E-state index contributed by atoms with van der Waals surface area (Å²) in [6, 6.07) is 9.12. The molecule has 2 heterocycles. The van der Waals surface area contributed by atoms with E-state index >= 15 is 0 Å². The van der Waals surface area contributed by atoms with Crippen LogP contribution in [0.5, 0.6) is 11.6 Å². The number of amides is 1. The van der Waals surface area contributed by atoms with E-state index in [1.54, 1.807) is 13.2 Å². The lowest BCUT2D eigenvalue weighted by molar-refractivity contribution is -0.129. The Bertz CT molecular complexity index is 799. The number of aromatic nitrogens is 2. The molecule has 3 rings (SSSR count). The quantitative estimate of drug-likeness (QED) is 0.770. The summed E-state index contributed by atoms with van der Waals surface area (Å²) in [5.41, 5.74) is 1.42. The number of rotatable bonds is 5. The van der Waals surface area contributed by atoms with E-state index in [9.17, 15) is 9.18 Å². The first-order valence-corrected chi connectivity index (χ1v) is 8.30. The highest BCUT2D eigenvalue weighted by Gasteiger charge is 2.32. The van der Waals surface area contributed by atoms with E-state index < -0.39 is 12.3 Å². The number of nitrogens with zero attached hydrogens (tertiary/aromatic N) is 3. The van der Waals surface area contributed by atoms with Gasteiger partial charge >= 0.3 is 0 Å². The molecule has 26 heavy (non-hydrogen) atoms. The first kappa shape index (κ1) is 17.8. The smallest absolute Gasteiger partial charge is 0.246 e. The molecule has 0 aliphatic carbocycles. The molecule has 1 fully saturated rings. The zero-order chi connectivity index (χ0) is 18.5. The van der Waals surface area contributed by atoms with E-state index in [0.717, 1.165) is 5.56 Å². The molecule has 1 aliphatic heterocycles. The third-order valence-electron chi connectivity index (χ3n) is 4.27. The zero-order valence-corrected chi connectivity index (χ0v) is 14.5. The molecule has 0 radical (unpaired) electrons. The molecule has 0 bridgehead atoms. The van der Waals surface area contributed by atoms with Crippen molar-refractivity contribution < 1.29 is 18.7 Å². The van der Waals surface area contributed by atoms with Gasteiger partial charge in [-0.2, -0.15) is 0 Å². The minimum atomic E-state index is -1.29. The summed E-state index contributed by atoms with van der Waals surface area (Å²) in [6.07, 6.45) is 0.995. The molecule has 2 atom stereocenters. The number of halogens is 1. The van der Waals surface area contributed by atoms with Gasteiger partial charge in [0.1, 0.15) is 18.2 Å². The van der Waals surface area contributed by atoms with Crippen LogP contribution in [0.1, 0.15) is 6.42 Å². The second-order valence-electron chi connectivity index (χ2n) is 5.89. The van der Waals surface area contributed by atoms with Gasteiger partial charge in [0.25, 0.3) is 0 Å². The Balaban J connectivity index is 1.73. The van der Waals surface area contributed by atoms with Crippen molar-refractivity contribution in [3.8, 4) is 22.9 Å². The number of para-hydroxylation sites is 1. The largest absolute Gasteiger partial charge is 0.496 e. The predicted octanol–water partition coefficient (Wildman–Crippen LogP) is 2.66. The fourth-order valence-electron chi connectivity index (χ4n) is 2.91. The number of piperidine rings is 1. The van der Waals surface area contributed by atoms with Crippen LogP contribution >= 0.6 is 0 Å². The van der Waals surface area contributed by atoms with E-state index in [1.165, 1.54) is 17.3 Å². The monoisotopic (exact) mass is 357 g/mol. The van der Waals surface area contributed by atoms with Gasteiger partial charge in [-0.1, -0.05) is 18.7 Å². The Labute approximate surface area is 151 Å². The number of ether oxygens (including phenoxy) is 2. The molecule has 0 unspecified atom stereocenters. The fraction of sp³-hybridized carbons (Fsp3) is 0.316. The van der Waals surface area contributed by atoms with Crippen molar-refractivity contribution in [2.75, 3.05) is 20.2 Å². The number of methoxy groups -OCH3 is 1. The lowest BCUT2D eigenvalue weighted by atomic mass is 10.1. The summed E-state index contributed by atoms with van der Waals surface area (Å²) in [6.45, 7) is 3.83. The Morgan fingerprint density at radius 2 is 2.19 bits per heavy atom. The van der Waals surface area contributed by atoms with Crippen LogP contribution in [0.2, 0.25) is 0 Å². The number of hydrogen-bond acceptors (Lipinski definition) is 5. The molecular weight excluding hydrogens is 337 g/mol. The van der Waals surface area contributed by atoms with Gasteiger partial charge in [0.15, 0.2) is 6.17 Å². The summed E-state index contributed by atoms with van der Waals surface area (Å²) >= 11 is 0. The molecule has 1 amide bonds. The molecule has 0 N–H and O–H groups in total. The van der Waals surface area contributed by atoms with Crippen molar-refractivity contribution in [1.82, 2.24) is 14.9 Å². The maximum atomic E-state index is 14.4. The number of hydrogen-bond donors (Lipinski definition) is 0. The molecule has 1 aromatic carbocycles. The van der Waals surface area contributed by atoms with Crippen LogP contribution in [-0.2, 0) is 4.79 Å². The van der Waals surface area contributed by atoms with Crippen molar-refractivity contribution in [2.45, 2.75) is 18.7 Å². The lowest BCUT2D eigenvalue weighted by Gasteiger charge is -2.33. The summed E-state index contributed by atoms with van der Waals surface area (Å²) in [5, 5.41) is 0. The molecule has 1 aromatic heterocycles. The number of carbonyl (C=O) groups excluding carboxylic acids is 1. The molecule has 1 aliphatic rings. The van der Waals surface area contributed by atoms with Crippen LogP contribution in [-0.4, -0.2) is 53.2 Å². The molecule has 0 spiro atoms. The Hall–Kier alpha value is -2.96. The van der Waals surface area contributed by atoms with Gasteiger partial charge in [-0.25, -0.2) is 14.4 Å². The van der Waals surface area contributed by atoms with Gasteiger partial charge in [-0.15, -0.1) is 0 Å². The van der Waals surface area contributed by atoms with E-state index in [4.69, 9.17) is 9.47 Å². The summed E-state index contributed by atoms with van der Waals surface area (Å²) in [5.74, 6) is 0.695. The highest BCUT2D eigenvalue weighted by atomic mass is 19.1. The van der Waals surface area contributed by atoms with Gasteiger partial charge in [0, 0.05) is 24.6 Å². The lowest BCUT2D eigenvalue weighted by Crippen LogP contribution is -2.48. The normalized spacial score (nSPS) is 19.7. The summed E-state index contributed by atoms with van der Waals surface area (Å²) in [7, 11) is 1.59. The van der Waals surface area contributed by atoms with Crippen LogP contribution in [0.3, 0.4) is 0 Å². The fourth-order valence-corrected chi connectivity index (χ4v) is 2.91. The van der Waals surface area contributed by atoms with Crippen LogP contribution in [0, 0.1) is 0 Å². The molecule has 1 saturated heterocycles. The Morgan fingerprint density at radius 3 is 2.92 bits per heavy atom. The summed E-state index contributed by atoms with van der Waals surface area (Å²) < 4.78 is 25.5. The van der Waals surface area contributed by atoms with Gasteiger partial charge in [-0.3, -0.25) is 4.79 Å². The molecular formula is C19H20FN3O3. The van der Waals surface area contributed by atoms with Crippen LogP contribution in [0.15, 0.2) is 49.3 Å². The second kappa shape index (κ2) is 7.95. The second-order valence-corrected chi connectivity index (χ2v) is 5.89. The van der Waals surface area contributed by atoms with Crippen molar-refractivity contribution in [2.24, 2.45) is 0 Å². The summed E-state index contributed by atoms with van der Waals surface area (Å²) in [4.78, 5) is 21.4. The topological polar surface area (TPSA) is 64.6 Å². The first-order valence-electron chi connectivity index (χ1n) is 8.30. The maximum Gasteiger partial charge on any atom is 0.246 e. The molecule has 2 aromatic rings. The average Bonchev–Trinajstić information content (AvgIpc) is 2.69. The molecule has 136 valence electrons. The standard InChI is InChI=1S/C19H20FN3O3/c1-3-19(24)23-9-8-17(14(20)11-23)26-18-10-15(21-12-22-18)13-6-4-5-7-16(13)25-2/h3-7,10,12,14,17H,1,8-9,11H2,2H3/t14-,17+/m1/s1. The minimum absolute atomic E-state index is 0.0139. The van der Waals surface area contributed by atoms with Gasteiger partial charge in [0.2, 0.25) is 11.8 Å². The van der Waals surface area contributed by atoms with Gasteiger partial charge < -0.3 is 14.4 Å². The third kappa shape index (κ3) is 3.82. The first-order chi connectivity index (χ1) is 12.6. The van der Waals surface area contributed by atoms with Crippen LogP contribution in [0.25, 0.3) is 11.3 Å². The highest BCUT2D eigenvalue weighted by Crippen LogP contribution is 2.30. The minimum Gasteiger partial charge on any atom is -0.496 e. The highest BCUT2D eigenvalue weighted by molar-refractivity contribution is 5.87. The number of benzene rings is 1. The number of alkyl halides is 1. The van der Waals surface area contributed by atoms with E-state index in [-0.39, 0.29) is 18.3 Å². The van der Waals surface area contributed by atoms with E-state index in [2.05, 4.69) is 16.5 Å². The molecule has 6 nitrogen and oxygen atoms in total. The van der Waals surface area contributed by atoms with Crippen molar-refractivity contribution >= 4 is 5.91 Å².